The Morgan fingerprint density at radius 3 is 2.74 bits per heavy atom. The molecular weight excluding hydrogens is 306 g/mol. The van der Waals surface area contributed by atoms with Crippen LogP contribution in [-0.2, 0) is 6.54 Å². The van der Waals surface area contributed by atoms with Crippen molar-refractivity contribution in [1.29, 1.82) is 0 Å². The normalized spacial score (nSPS) is 10.6. The van der Waals surface area contributed by atoms with Gasteiger partial charge in [-0.2, -0.15) is 0 Å². The third-order valence-electron chi connectivity index (χ3n) is 2.57. The van der Waals surface area contributed by atoms with Crippen molar-refractivity contribution >= 4 is 15.9 Å². The third-order valence-corrected chi connectivity index (χ3v) is 3.16. The lowest BCUT2D eigenvalue weighted by molar-refractivity contribution is 0.297. The first kappa shape index (κ1) is 16.1. The van der Waals surface area contributed by atoms with Crippen molar-refractivity contribution in [3.05, 3.63) is 34.8 Å². The first-order valence-corrected chi connectivity index (χ1v) is 7.21. The molecule has 1 N–H and O–H groups in total. The van der Waals surface area contributed by atoms with Gasteiger partial charge in [0.15, 0.2) is 11.5 Å². The molecule has 0 aliphatic carbocycles. The molecule has 1 aromatic rings. The minimum atomic E-state index is 0.452. The molecule has 19 heavy (non-hydrogen) atoms. The van der Waals surface area contributed by atoms with Crippen LogP contribution in [0.4, 0.5) is 0 Å². The minimum Gasteiger partial charge on any atom is -0.493 e. The molecule has 0 fully saturated rings. The van der Waals surface area contributed by atoms with E-state index in [2.05, 4.69) is 47.7 Å². The summed E-state index contributed by atoms with van der Waals surface area (Å²) in [4.78, 5) is 0. The van der Waals surface area contributed by atoms with Crippen LogP contribution in [-0.4, -0.2) is 19.8 Å². The first-order valence-electron chi connectivity index (χ1n) is 6.42. The predicted molar refractivity (Wildman–Crippen MR) is 83.0 cm³/mol. The number of methoxy groups -OCH3 is 1. The summed E-state index contributed by atoms with van der Waals surface area (Å²) in [7, 11) is 1.65. The summed E-state index contributed by atoms with van der Waals surface area (Å²) in [6, 6.07) is 4.51. The van der Waals surface area contributed by atoms with Gasteiger partial charge in [-0.3, -0.25) is 0 Å². The van der Waals surface area contributed by atoms with Gasteiger partial charge in [-0.05, 0) is 40.0 Å². The van der Waals surface area contributed by atoms with E-state index < -0.39 is 0 Å². The predicted octanol–water partition coefficient (Wildman–Crippen LogP) is 3.91. The molecular formula is C15H22BrNO2. The molecule has 0 aliphatic heterocycles. The largest absolute Gasteiger partial charge is 0.493 e. The van der Waals surface area contributed by atoms with E-state index in [4.69, 9.17) is 9.47 Å². The molecule has 0 spiro atoms. The zero-order valence-corrected chi connectivity index (χ0v) is 13.4. The van der Waals surface area contributed by atoms with Gasteiger partial charge in [-0.1, -0.05) is 19.9 Å². The molecule has 0 saturated carbocycles. The fourth-order valence-electron chi connectivity index (χ4n) is 1.58. The van der Waals surface area contributed by atoms with E-state index in [1.165, 1.54) is 0 Å². The molecule has 0 bridgehead atoms. The maximum Gasteiger partial charge on any atom is 0.175 e. The van der Waals surface area contributed by atoms with E-state index in [1.54, 1.807) is 7.11 Å². The molecule has 0 saturated heterocycles. The lowest BCUT2D eigenvalue weighted by atomic mass is 10.2. The molecule has 0 aliphatic rings. The lowest BCUT2D eigenvalue weighted by Crippen LogP contribution is -2.21. The maximum absolute atomic E-state index is 5.72. The van der Waals surface area contributed by atoms with Crippen LogP contribution >= 0.6 is 15.9 Å². The van der Waals surface area contributed by atoms with Crippen molar-refractivity contribution in [2.45, 2.75) is 32.9 Å². The van der Waals surface area contributed by atoms with Crippen LogP contribution in [0, 0.1) is 0 Å². The van der Waals surface area contributed by atoms with E-state index in [-0.39, 0.29) is 0 Å². The van der Waals surface area contributed by atoms with Gasteiger partial charge in [0.1, 0.15) is 0 Å². The molecule has 0 aromatic heterocycles. The van der Waals surface area contributed by atoms with Crippen LogP contribution < -0.4 is 14.8 Å². The molecule has 0 unspecified atom stereocenters. The van der Waals surface area contributed by atoms with Gasteiger partial charge in [0.2, 0.25) is 0 Å². The number of nitrogens with one attached hydrogen (secondary N) is 1. The molecule has 1 aromatic carbocycles. The highest BCUT2D eigenvalue weighted by Gasteiger charge is 2.11. The van der Waals surface area contributed by atoms with Crippen molar-refractivity contribution in [3.8, 4) is 11.5 Å². The van der Waals surface area contributed by atoms with Gasteiger partial charge in [0, 0.05) is 12.6 Å². The van der Waals surface area contributed by atoms with Gasteiger partial charge in [-0.15, -0.1) is 6.58 Å². The second kappa shape index (κ2) is 8.23. The summed E-state index contributed by atoms with van der Waals surface area (Å²) in [5, 5.41) is 3.38. The van der Waals surface area contributed by atoms with Crippen molar-refractivity contribution in [1.82, 2.24) is 5.32 Å². The highest BCUT2D eigenvalue weighted by molar-refractivity contribution is 9.10. The number of hydrogen-bond acceptors (Lipinski definition) is 3. The van der Waals surface area contributed by atoms with Crippen LogP contribution in [0.15, 0.2) is 29.3 Å². The minimum absolute atomic E-state index is 0.452. The van der Waals surface area contributed by atoms with Gasteiger partial charge in [-0.25, -0.2) is 0 Å². The number of hydrogen-bond donors (Lipinski definition) is 1. The van der Waals surface area contributed by atoms with Crippen LogP contribution in [0.2, 0.25) is 0 Å². The standard InChI is InChI=1S/C15H22BrNO2/c1-5-6-7-19-15-13(16)8-12(9-14(15)18-4)10-17-11(2)3/h5,8-9,11,17H,1,6-7,10H2,2-4H3. The quantitative estimate of drug-likeness (QED) is 0.580. The Balaban J connectivity index is 2.84. The van der Waals surface area contributed by atoms with Gasteiger partial charge >= 0.3 is 0 Å². The lowest BCUT2D eigenvalue weighted by Gasteiger charge is -2.15. The van der Waals surface area contributed by atoms with E-state index in [9.17, 15) is 0 Å². The molecule has 106 valence electrons. The summed E-state index contributed by atoms with van der Waals surface area (Å²) in [6.07, 6.45) is 2.65. The summed E-state index contributed by atoms with van der Waals surface area (Å²) in [5.74, 6) is 1.50. The summed E-state index contributed by atoms with van der Waals surface area (Å²) in [5.41, 5.74) is 1.16. The zero-order valence-electron chi connectivity index (χ0n) is 11.8. The number of ether oxygens (including phenoxy) is 2. The summed E-state index contributed by atoms with van der Waals surface area (Å²) in [6.45, 7) is 9.33. The number of rotatable bonds is 8. The Morgan fingerprint density at radius 1 is 1.42 bits per heavy atom. The Morgan fingerprint density at radius 2 is 2.16 bits per heavy atom. The highest BCUT2D eigenvalue weighted by atomic mass is 79.9. The third kappa shape index (κ3) is 5.25. The van der Waals surface area contributed by atoms with E-state index in [0.717, 1.165) is 34.5 Å². The van der Waals surface area contributed by atoms with E-state index in [1.807, 2.05) is 12.1 Å². The van der Waals surface area contributed by atoms with Gasteiger partial charge in [0.05, 0.1) is 18.2 Å². The highest BCUT2D eigenvalue weighted by Crippen LogP contribution is 2.36. The number of benzene rings is 1. The maximum atomic E-state index is 5.72. The van der Waals surface area contributed by atoms with Crippen molar-refractivity contribution in [3.63, 3.8) is 0 Å². The molecule has 0 radical (unpaired) electrons. The Kier molecular flexibility index (Phi) is 6.95. The monoisotopic (exact) mass is 327 g/mol. The molecule has 1 rings (SSSR count). The van der Waals surface area contributed by atoms with Crippen molar-refractivity contribution in [2.24, 2.45) is 0 Å². The molecule has 0 heterocycles. The average Bonchev–Trinajstić information content (AvgIpc) is 2.38. The zero-order chi connectivity index (χ0) is 14.3. The SMILES string of the molecule is C=CCCOc1c(Br)cc(CNC(C)C)cc1OC. The Bertz CT molecular complexity index is 419. The Hall–Kier alpha value is -1.00. The van der Waals surface area contributed by atoms with Gasteiger partial charge in [0.25, 0.3) is 0 Å². The van der Waals surface area contributed by atoms with Crippen molar-refractivity contribution < 1.29 is 9.47 Å². The van der Waals surface area contributed by atoms with Crippen LogP contribution in [0.1, 0.15) is 25.8 Å². The molecule has 0 amide bonds. The van der Waals surface area contributed by atoms with Crippen LogP contribution in [0.5, 0.6) is 11.5 Å². The average molecular weight is 328 g/mol. The first-order chi connectivity index (χ1) is 9.08. The second-order valence-corrected chi connectivity index (χ2v) is 5.42. The topological polar surface area (TPSA) is 30.5 Å². The molecule has 4 heteroatoms. The van der Waals surface area contributed by atoms with E-state index >= 15 is 0 Å². The fourth-order valence-corrected chi connectivity index (χ4v) is 2.19. The summed E-state index contributed by atoms with van der Waals surface area (Å²) >= 11 is 3.54. The van der Waals surface area contributed by atoms with Crippen LogP contribution in [0.25, 0.3) is 0 Å². The fraction of sp³-hybridized carbons (Fsp3) is 0.467. The number of halogens is 1. The Labute approximate surface area is 124 Å². The van der Waals surface area contributed by atoms with Gasteiger partial charge < -0.3 is 14.8 Å². The smallest absolute Gasteiger partial charge is 0.175 e. The second-order valence-electron chi connectivity index (χ2n) is 4.57. The summed E-state index contributed by atoms with van der Waals surface area (Å²) < 4.78 is 12.0. The van der Waals surface area contributed by atoms with Crippen LogP contribution in [0.3, 0.4) is 0 Å². The molecule has 3 nitrogen and oxygen atoms in total. The molecule has 0 atom stereocenters. The van der Waals surface area contributed by atoms with Crippen molar-refractivity contribution in [2.75, 3.05) is 13.7 Å². The van der Waals surface area contributed by atoms with E-state index in [0.29, 0.717) is 12.6 Å².